The molecule has 0 aliphatic carbocycles. The van der Waals surface area contributed by atoms with E-state index < -0.39 is 18.4 Å². The zero-order chi connectivity index (χ0) is 13.3. The van der Waals surface area contributed by atoms with Crippen LogP contribution in [0.1, 0.15) is 19.8 Å². The van der Waals surface area contributed by atoms with E-state index in [1.165, 1.54) is 6.92 Å². The van der Waals surface area contributed by atoms with Gasteiger partial charge in [0.15, 0.2) is 0 Å². The van der Waals surface area contributed by atoms with Crippen LogP contribution in [-0.4, -0.2) is 47.8 Å². The third-order valence-electron chi connectivity index (χ3n) is 1.53. The molecule has 1 rings (SSSR count). The van der Waals surface area contributed by atoms with Crippen molar-refractivity contribution in [2.24, 2.45) is 0 Å². The minimum absolute atomic E-state index is 0.0463. The van der Waals surface area contributed by atoms with E-state index in [1.54, 1.807) is 0 Å². The Morgan fingerprint density at radius 2 is 2.06 bits per heavy atom. The molecule has 98 valence electrons. The fourth-order valence-electron chi connectivity index (χ4n) is 0.869. The van der Waals surface area contributed by atoms with Crippen molar-refractivity contribution >= 4 is 18.3 Å². The van der Waals surface area contributed by atoms with Gasteiger partial charge in [0, 0.05) is 6.42 Å². The predicted octanol–water partition coefficient (Wildman–Crippen LogP) is 1.09. The van der Waals surface area contributed by atoms with Gasteiger partial charge in [0.25, 0.3) is 0 Å². The van der Waals surface area contributed by atoms with Crippen molar-refractivity contribution in [3.05, 3.63) is 0 Å². The van der Waals surface area contributed by atoms with Gasteiger partial charge in [-0.25, -0.2) is 9.59 Å². The summed E-state index contributed by atoms with van der Waals surface area (Å²) in [4.78, 5) is 29.6. The van der Waals surface area contributed by atoms with Crippen LogP contribution in [0, 0.1) is 0 Å². The van der Waals surface area contributed by atoms with Gasteiger partial charge < -0.3 is 24.4 Å². The number of carbonyl (C=O) groups is 3. The van der Waals surface area contributed by atoms with Gasteiger partial charge in [-0.1, -0.05) is 0 Å². The fourth-order valence-corrected chi connectivity index (χ4v) is 0.869. The molecule has 0 spiro atoms. The number of hydrogen-bond donors (Lipinski definition) is 2. The van der Waals surface area contributed by atoms with E-state index >= 15 is 0 Å². The van der Waals surface area contributed by atoms with Crippen molar-refractivity contribution < 1.29 is 38.8 Å². The Labute approximate surface area is 97.1 Å². The van der Waals surface area contributed by atoms with Crippen LogP contribution < -0.4 is 0 Å². The Balaban J connectivity index is 0.000000354. The summed E-state index contributed by atoms with van der Waals surface area (Å²) in [7, 11) is 0. The van der Waals surface area contributed by atoms with Crippen molar-refractivity contribution in [1.82, 2.24) is 0 Å². The van der Waals surface area contributed by atoms with Gasteiger partial charge in [-0.05, 0) is 13.3 Å². The Morgan fingerprint density at radius 3 is 2.35 bits per heavy atom. The fraction of sp³-hybridized carbons (Fsp3) is 0.667. The van der Waals surface area contributed by atoms with Crippen molar-refractivity contribution in [1.29, 1.82) is 0 Å². The highest BCUT2D eigenvalue weighted by Crippen LogP contribution is 2.01. The quantitative estimate of drug-likeness (QED) is 0.564. The monoisotopic (exact) mass is 250 g/mol. The minimum Gasteiger partial charge on any atom is -0.466 e. The number of hydrogen-bond acceptors (Lipinski definition) is 6. The third kappa shape index (κ3) is 10.3. The maximum absolute atomic E-state index is 10.0. The first kappa shape index (κ1) is 15.0. The van der Waals surface area contributed by atoms with Crippen molar-refractivity contribution in [2.45, 2.75) is 25.9 Å². The van der Waals surface area contributed by atoms with Crippen molar-refractivity contribution in [3.8, 4) is 0 Å². The molecule has 1 aliphatic heterocycles. The smallest absolute Gasteiger partial charge is 0.466 e. The summed E-state index contributed by atoms with van der Waals surface area (Å²) >= 11 is 0. The van der Waals surface area contributed by atoms with Crippen LogP contribution in [0.5, 0.6) is 0 Å². The van der Waals surface area contributed by atoms with Crippen LogP contribution in [0.4, 0.5) is 9.59 Å². The van der Waals surface area contributed by atoms with Crippen LogP contribution in [-0.2, 0) is 19.0 Å². The average Bonchev–Trinajstić information content (AvgIpc) is 2.66. The largest absolute Gasteiger partial charge is 0.506 e. The number of rotatable bonds is 3. The maximum atomic E-state index is 10.0. The molecular formula is C9H14O8. The third-order valence-corrected chi connectivity index (χ3v) is 1.53. The first-order chi connectivity index (χ1) is 7.91. The first-order valence-electron chi connectivity index (χ1n) is 4.82. The molecule has 0 aromatic heterocycles. The molecule has 8 nitrogen and oxygen atoms in total. The SMILES string of the molecule is CC(COC(=O)O)OC(=O)O.O=C1CCCO1. The highest BCUT2D eigenvalue weighted by atomic mass is 16.7. The molecule has 1 unspecified atom stereocenters. The second-order valence-corrected chi connectivity index (χ2v) is 3.10. The predicted molar refractivity (Wildman–Crippen MR) is 52.7 cm³/mol. The second-order valence-electron chi connectivity index (χ2n) is 3.10. The molecule has 0 saturated carbocycles. The lowest BCUT2D eigenvalue weighted by molar-refractivity contribution is -0.137. The summed E-state index contributed by atoms with van der Waals surface area (Å²) in [5.41, 5.74) is 0. The van der Waals surface area contributed by atoms with Crippen molar-refractivity contribution in [2.75, 3.05) is 13.2 Å². The average molecular weight is 250 g/mol. The van der Waals surface area contributed by atoms with E-state index in [1.807, 2.05) is 0 Å². The summed E-state index contributed by atoms with van der Waals surface area (Å²) < 4.78 is 12.7. The molecule has 8 heteroatoms. The zero-order valence-electron chi connectivity index (χ0n) is 9.25. The highest BCUT2D eigenvalue weighted by Gasteiger charge is 2.09. The van der Waals surface area contributed by atoms with Gasteiger partial charge in [-0.15, -0.1) is 0 Å². The van der Waals surface area contributed by atoms with Crippen LogP contribution in [0.15, 0.2) is 0 Å². The number of cyclic esters (lactones) is 1. The van der Waals surface area contributed by atoms with E-state index in [2.05, 4.69) is 14.2 Å². The normalized spacial score (nSPS) is 15.0. The van der Waals surface area contributed by atoms with E-state index in [0.717, 1.165) is 6.42 Å². The maximum Gasteiger partial charge on any atom is 0.506 e. The molecule has 2 N–H and O–H groups in total. The molecule has 1 saturated heterocycles. The molecule has 17 heavy (non-hydrogen) atoms. The summed E-state index contributed by atoms with van der Waals surface area (Å²) in [5.74, 6) is -0.0463. The van der Waals surface area contributed by atoms with Gasteiger partial charge in [0.2, 0.25) is 0 Å². The van der Waals surface area contributed by atoms with Crippen molar-refractivity contribution in [3.63, 3.8) is 0 Å². The highest BCUT2D eigenvalue weighted by molar-refractivity contribution is 5.70. The van der Waals surface area contributed by atoms with E-state index in [-0.39, 0.29) is 12.6 Å². The van der Waals surface area contributed by atoms with Crippen LogP contribution >= 0.6 is 0 Å². The lowest BCUT2D eigenvalue weighted by atomic mass is 10.4. The summed E-state index contributed by atoms with van der Waals surface area (Å²) in [6.45, 7) is 1.73. The first-order valence-corrected chi connectivity index (χ1v) is 4.82. The summed E-state index contributed by atoms with van der Waals surface area (Å²) in [5, 5.41) is 16.0. The molecule has 1 aliphatic rings. The lowest BCUT2D eigenvalue weighted by Crippen LogP contribution is -2.20. The topological polar surface area (TPSA) is 119 Å². The van der Waals surface area contributed by atoms with E-state index in [0.29, 0.717) is 13.0 Å². The van der Waals surface area contributed by atoms with Crippen LogP contribution in [0.3, 0.4) is 0 Å². The Kier molecular flexibility index (Phi) is 7.24. The molecule has 1 fully saturated rings. The molecule has 0 amide bonds. The van der Waals surface area contributed by atoms with Gasteiger partial charge in [-0.3, -0.25) is 4.79 Å². The van der Waals surface area contributed by atoms with Gasteiger partial charge in [0.05, 0.1) is 6.61 Å². The summed E-state index contributed by atoms with van der Waals surface area (Å²) in [6.07, 6.45) is -2.14. The molecule has 1 atom stereocenters. The zero-order valence-corrected chi connectivity index (χ0v) is 9.25. The number of carboxylic acid groups (broad SMARTS) is 2. The molecule has 0 bridgehead atoms. The Hall–Kier alpha value is -1.99. The Bertz CT molecular complexity index is 266. The minimum atomic E-state index is -1.45. The number of esters is 1. The van der Waals surface area contributed by atoms with E-state index in [9.17, 15) is 14.4 Å². The molecule has 0 aromatic carbocycles. The number of ether oxygens (including phenoxy) is 3. The van der Waals surface area contributed by atoms with Gasteiger partial charge in [-0.2, -0.15) is 0 Å². The van der Waals surface area contributed by atoms with E-state index in [4.69, 9.17) is 10.2 Å². The molecule has 0 radical (unpaired) electrons. The van der Waals surface area contributed by atoms with Gasteiger partial charge in [0.1, 0.15) is 12.7 Å². The molecule has 0 aromatic rings. The standard InChI is InChI=1S/C5H8O6.C4H6O2/c1-3(11-5(8)9)2-10-4(6)7;5-4-2-1-3-6-4/h3H,2H2,1H3,(H,6,7)(H,8,9);1-3H2. The number of carbonyl (C=O) groups excluding carboxylic acids is 1. The molecular weight excluding hydrogens is 236 g/mol. The van der Waals surface area contributed by atoms with Crippen LogP contribution in [0.25, 0.3) is 0 Å². The molecule has 1 heterocycles. The van der Waals surface area contributed by atoms with Gasteiger partial charge >= 0.3 is 18.3 Å². The summed E-state index contributed by atoms with van der Waals surface area (Å²) in [6, 6.07) is 0. The lowest BCUT2D eigenvalue weighted by Gasteiger charge is -2.08. The Morgan fingerprint density at radius 1 is 1.41 bits per heavy atom. The van der Waals surface area contributed by atoms with Crippen LogP contribution in [0.2, 0.25) is 0 Å². The second kappa shape index (κ2) is 8.20.